The van der Waals surface area contributed by atoms with E-state index in [2.05, 4.69) is 22.4 Å². The first-order chi connectivity index (χ1) is 13.6. The van der Waals surface area contributed by atoms with Gasteiger partial charge < -0.3 is 5.32 Å². The van der Waals surface area contributed by atoms with Crippen LogP contribution in [0.15, 0.2) is 65.6 Å². The first-order valence-electron chi connectivity index (χ1n) is 9.82. The van der Waals surface area contributed by atoms with Gasteiger partial charge in [-0.2, -0.15) is 4.31 Å². The number of piperidine rings is 1. The van der Waals surface area contributed by atoms with Gasteiger partial charge in [0.05, 0.1) is 10.4 Å². The van der Waals surface area contributed by atoms with E-state index >= 15 is 0 Å². The summed E-state index contributed by atoms with van der Waals surface area (Å²) < 4.78 is 27.3. The van der Waals surface area contributed by atoms with Crippen molar-refractivity contribution in [2.24, 2.45) is 0 Å². The molecule has 0 atom stereocenters. The van der Waals surface area contributed by atoms with Crippen LogP contribution in [0.5, 0.6) is 0 Å². The Morgan fingerprint density at radius 2 is 1.71 bits per heavy atom. The van der Waals surface area contributed by atoms with E-state index in [1.165, 1.54) is 5.56 Å². The van der Waals surface area contributed by atoms with Crippen molar-refractivity contribution in [1.82, 2.24) is 9.29 Å². The molecule has 1 aliphatic rings. The molecule has 5 nitrogen and oxygen atoms in total. The largest absolute Gasteiger partial charge is 0.370 e. The minimum atomic E-state index is -3.42. The second-order valence-corrected chi connectivity index (χ2v) is 9.12. The number of anilines is 1. The van der Waals surface area contributed by atoms with Crippen LogP contribution < -0.4 is 5.32 Å². The predicted molar refractivity (Wildman–Crippen MR) is 113 cm³/mol. The second-order valence-electron chi connectivity index (χ2n) is 7.18. The average Bonchev–Trinajstić information content (AvgIpc) is 2.74. The molecule has 6 heteroatoms. The molecule has 3 aromatic rings. The van der Waals surface area contributed by atoms with Crippen molar-refractivity contribution in [2.75, 3.05) is 25.0 Å². The van der Waals surface area contributed by atoms with Gasteiger partial charge in [0.25, 0.3) is 0 Å². The van der Waals surface area contributed by atoms with Gasteiger partial charge in [0.15, 0.2) is 0 Å². The monoisotopic (exact) mass is 395 g/mol. The van der Waals surface area contributed by atoms with Crippen LogP contribution in [-0.4, -0.2) is 37.3 Å². The summed E-state index contributed by atoms with van der Waals surface area (Å²) in [6, 6.07) is 19.4. The molecule has 0 unspecified atom stereocenters. The van der Waals surface area contributed by atoms with Crippen LogP contribution in [0.25, 0.3) is 10.9 Å². The number of sulfonamides is 1. The third kappa shape index (κ3) is 4.18. The average molecular weight is 396 g/mol. The maximum atomic E-state index is 12.9. The van der Waals surface area contributed by atoms with E-state index < -0.39 is 10.0 Å². The Morgan fingerprint density at radius 1 is 0.929 bits per heavy atom. The Labute approximate surface area is 166 Å². The van der Waals surface area contributed by atoms with E-state index in [0.717, 1.165) is 48.9 Å². The zero-order chi connectivity index (χ0) is 19.4. The van der Waals surface area contributed by atoms with E-state index in [-0.39, 0.29) is 0 Å². The lowest BCUT2D eigenvalue weighted by Crippen LogP contribution is -2.35. The minimum Gasteiger partial charge on any atom is -0.370 e. The molecule has 1 aliphatic heterocycles. The molecule has 1 fully saturated rings. The van der Waals surface area contributed by atoms with E-state index in [4.69, 9.17) is 0 Å². The number of pyridine rings is 1. The summed E-state index contributed by atoms with van der Waals surface area (Å²) in [5, 5.41) is 4.18. The lowest BCUT2D eigenvalue weighted by molar-refractivity contribution is 0.346. The molecular weight excluding hydrogens is 370 g/mol. The van der Waals surface area contributed by atoms with Crippen molar-refractivity contribution in [3.8, 4) is 0 Å². The highest BCUT2D eigenvalue weighted by atomic mass is 32.2. The van der Waals surface area contributed by atoms with Crippen LogP contribution in [0.3, 0.4) is 0 Å². The van der Waals surface area contributed by atoms with Crippen LogP contribution in [-0.2, 0) is 16.4 Å². The highest BCUT2D eigenvalue weighted by Gasteiger charge is 2.26. The second kappa shape index (κ2) is 8.29. The molecule has 1 saturated heterocycles. The minimum absolute atomic E-state index is 0.355. The number of nitrogens with one attached hydrogen (secondary N) is 1. The highest BCUT2D eigenvalue weighted by molar-refractivity contribution is 7.89. The Balaban J connectivity index is 1.48. The van der Waals surface area contributed by atoms with Gasteiger partial charge in [0, 0.05) is 25.0 Å². The number of nitrogens with zero attached hydrogens (tertiary/aromatic N) is 2. The molecule has 146 valence electrons. The molecule has 1 aromatic heterocycles. The third-order valence-corrected chi connectivity index (χ3v) is 7.07. The fourth-order valence-corrected chi connectivity index (χ4v) is 5.15. The Bertz CT molecular complexity index is 1050. The van der Waals surface area contributed by atoms with E-state index in [0.29, 0.717) is 18.0 Å². The lowest BCUT2D eigenvalue weighted by Gasteiger charge is -2.25. The smallest absolute Gasteiger partial charge is 0.243 e. The number of hydrogen-bond donors (Lipinski definition) is 1. The molecule has 0 bridgehead atoms. The summed E-state index contributed by atoms with van der Waals surface area (Å²) in [5.41, 5.74) is 2.07. The molecule has 0 saturated carbocycles. The van der Waals surface area contributed by atoms with Crippen molar-refractivity contribution in [3.05, 3.63) is 66.2 Å². The van der Waals surface area contributed by atoms with Gasteiger partial charge in [-0.3, -0.25) is 0 Å². The van der Waals surface area contributed by atoms with Crippen molar-refractivity contribution in [1.29, 1.82) is 0 Å². The van der Waals surface area contributed by atoms with Gasteiger partial charge in [0.1, 0.15) is 5.82 Å². The quantitative estimate of drug-likeness (QED) is 0.684. The topological polar surface area (TPSA) is 62.3 Å². The van der Waals surface area contributed by atoms with E-state index in [9.17, 15) is 8.42 Å². The van der Waals surface area contributed by atoms with Crippen molar-refractivity contribution < 1.29 is 8.42 Å². The molecule has 28 heavy (non-hydrogen) atoms. The third-order valence-electron chi connectivity index (χ3n) is 5.18. The molecule has 2 heterocycles. The fraction of sp³-hybridized carbons (Fsp3) is 0.318. The van der Waals surface area contributed by atoms with Gasteiger partial charge in [-0.15, -0.1) is 0 Å². The van der Waals surface area contributed by atoms with Gasteiger partial charge in [-0.1, -0.05) is 36.8 Å². The van der Waals surface area contributed by atoms with Gasteiger partial charge in [-0.05, 0) is 55.2 Å². The summed E-state index contributed by atoms with van der Waals surface area (Å²) >= 11 is 0. The van der Waals surface area contributed by atoms with Crippen LogP contribution >= 0.6 is 0 Å². The lowest BCUT2D eigenvalue weighted by atomic mass is 10.1. The summed E-state index contributed by atoms with van der Waals surface area (Å²) in [7, 11) is -3.42. The normalized spacial score (nSPS) is 15.6. The molecule has 4 rings (SSSR count). The Kier molecular flexibility index (Phi) is 5.59. The van der Waals surface area contributed by atoms with Crippen LogP contribution in [0.2, 0.25) is 0 Å². The molecule has 2 aromatic carbocycles. The predicted octanol–water partition coefficient (Wildman–Crippen LogP) is 4.06. The number of rotatable bonds is 6. The maximum absolute atomic E-state index is 12.9. The SMILES string of the molecule is O=S(=O)(c1ccc2nc(NCCc3ccccc3)ccc2c1)N1CCCCC1. The standard InChI is InChI=1S/C22H25N3O2S/c26-28(27,25-15-5-2-6-16-25)20-10-11-21-19(17-20)9-12-22(24-21)23-14-13-18-7-3-1-4-8-18/h1,3-4,7-12,17H,2,5-6,13-16H2,(H,23,24). The maximum Gasteiger partial charge on any atom is 0.243 e. The fourth-order valence-electron chi connectivity index (χ4n) is 3.60. The number of benzene rings is 2. The molecule has 0 aliphatic carbocycles. The van der Waals surface area contributed by atoms with Gasteiger partial charge in [-0.25, -0.2) is 13.4 Å². The molecule has 0 spiro atoms. The zero-order valence-corrected chi connectivity index (χ0v) is 16.7. The molecule has 1 N–H and O–H groups in total. The zero-order valence-electron chi connectivity index (χ0n) is 15.8. The molecule has 0 amide bonds. The van der Waals surface area contributed by atoms with Gasteiger partial charge >= 0.3 is 0 Å². The number of aromatic nitrogens is 1. The first-order valence-corrected chi connectivity index (χ1v) is 11.3. The van der Waals surface area contributed by atoms with Crippen LogP contribution in [0.4, 0.5) is 5.82 Å². The summed E-state index contributed by atoms with van der Waals surface area (Å²) in [6.45, 7) is 2.02. The van der Waals surface area contributed by atoms with Gasteiger partial charge in [0.2, 0.25) is 10.0 Å². The number of hydrogen-bond acceptors (Lipinski definition) is 4. The van der Waals surface area contributed by atoms with E-state index in [1.807, 2.05) is 30.3 Å². The summed E-state index contributed by atoms with van der Waals surface area (Å²) in [6.07, 6.45) is 3.90. The van der Waals surface area contributed by atoms with Crippen molar-refractivity contribution in [2.45, 2.75) is 30.6 Å². The van der Waals surface area contributed by atoms with Crippen LogP contribution in [0.1, 0.15) is 24.8 Å². The van der Waals surface area contributed by atoms with E-state index in [1.54, 1.807) is 22.5 Å². The van der Waals surface area contributed by atoms with Crippen molar-refractivity contribution in [3.63, 3.8) is 0 Å². The number of fused-ring (bicyclic) bond motifs is 1. The van der Waals surface area contributed by atoms with Crippen LogP contribution in [0, 0.1) is 0 Å². The Morgan fingerprint density at radius 3 is 2.50 bits per heavy atom. The van der Waals surface area contributed by atoms with Crippen molar-refractivity contribution >= 4 is 26.7 Å². The first kappa shape index (κ1) is 18.9. The summed E-state index contributed by atoms with van der Waals surface area (Å²) in [5.74, 6) is 0.801. The molecular formula is C22H25N3O2S. The summed E-state index contributed by atoms with van der Waals surface area (Å²) in [4.78, 5) is 4.98. The highest BCUT2D eigenvalue weighted by Crippen LogP contribution is 2.24. The Hall–Kier alpha value is -2.44. The molecule has 0 radical (unpaired) electrons.